The van der Waals surface area contributed by atoms with E-state index in [-0.39, 0.29) is 36.8 Å². The van der Waals surface area contributed by atoms with Crippen LogP contribution in [0.15, 0.2) is 0 Å². The van der Waals surface area contributed by atoms with Gasteiger partial charge in [-0.25, -0.2) is 0 Å². The standard InChI is InChI=1S/C16H28N2O4.ClH/c1-21-7-6-18(10-14(19)22-2)16(20)13-8-11-4-3-5-12(9-13)15(11)17;/h11-13,15H,3-10,17H2,1-2H3;1H. The van der Waals surface area contributed by atoms with Crippen molar-refractivity contribution >= 4 is 24.3 Å². The second-order valence-corrected chi connectivity index (χ2v) is 6.53. The smallest absolute Gasteiger partial charge is 0.325 e. The fraction of sp³-hybridized carbons (Fsp3) is 0.875. The highest BCUT2D eigenvalue weighted by atomic mass is 35.5. The average Bonchev–Trinajstić information content (AvgIpc) is 2.50. The van der Waals surface area contributed by atoms with E-state index in [1.807, 2.05) is 0 Å². The minimum Gasteiger partial charge on any atom is -0.468 e. The van der Waals surface area contributed by atoms with Crippen LogP contribution in [-0.4, -0.2) is 56.7 Å². The van der Waals surface area contributed by atoms with Gasteiger partial charge in [-0.15, -0.1) is 12.4 Å². The van der Waals surface area contributed by atoms with Crippen LogP contribution in [0.25, 0.3) is 0 Å². The summed E-state index contributed by atoms with van der Waals surface area (Å²) in [6.07, 6.45) is 5.16. The molecule has 6 nitrogen and oxygen atoms in total. The summed E-state index contributed by atoms with van der Waals surface area (Å²) < 4.78 is 9.75. The number of halogens is 1. The average molecular weight is 349 g/mol. The van der Waals surface area contributed by atoms with Gasteiger partial charge >= 0.3 is 5.97 Å². The van der Waals surface area contributed by atoms with Crippen LogP contribution in [0.4, 0.5) is 0 Å². The van der Waals surface area contributed by atoms with Crippen LogP contribution in [0.1, 0.15) is 32.1 Å². The third-order valence-electron chi connectivity index (χ3n) is 5.19. The Morgan fingerprint density at radius 2 is 1.78 bits per heavy atom. The molecule has 2 atom stereocenters. The number of nitrogens with zero attached hydrogens (tertiary/aromatic N) is 1. The molecule has 134 valence electrons. The highest BCUT2D eigenvalue weighted by Gasteiger charge is 2.41. The van der Waals surface area contributed by atoms with Crippen LogP contribution in [0.5, 0.6) is 0 Å². The molecule has 0 spiro atoms. The van der Waals surface area contributed by atoms with Crippen LogP contribution < -0.4 is 5.73 Å². The minimum absolute atomic E-state index is 0. The number of methoxy groups -OCH3 is 2. The molecule has 0 aliphatic heterocycles. The van der Waals surface area contributed by atoms with E-state index in [1.54, 1.807) is 12.0 Å². The van der Waals surface area contributed by atoms with Gasteiger partial charge in [-0.3, -0.25) is 9.59 Å². The van der Waals surface area contributed by atoms with Gasteiger partial charge in [0.05, 0.1) is 13.7 Å². The van der Waals surface area contributed by atoms with Crippen molar-refractivity contribution < 1.29 is 19.1 Å². The normalized spacial score (nSPS) is 29.3. The SMILES string of the molecule is COCCN(CC(=O)OC)C(=O)C1CC2CCCC(C1)C2N.Cl. The molecule has 0 radical (unpaired) electrons. The minimum atomic E-state index is -0.392. The zero-order valence-corrected chi connectivity index (χ0v) is 14.8. The largest absolute Gasteiger partial charge is 0.468 e. The van der Waals surface area contributed by atoms with Gasteiger partial charge in [0.2, 0.25) is 5.91 Å². The Bertz CT molecular complexity index is 394. The molecule has 0 aromatic carbocycles. The second kappa shape index (κ2) is 9.45. The fourth-order valence-corrected chi connectivity index (χ4v) is 3.94. The van der Waals surface area contributed by atoms with Crippen molar-refractivity contribution in [3.8, 4) is 0 Å². The number of fused-ring (bicyclic) bond motifs is 2. The zero-order valence-electron chi connectivity index (χ0n) is 14.0. The van der Waals surface area contributed by atoms with Crippen molar-refractivity contribution in [2.45, 2.75) is 38.1 Å². The van der Waals surface area contributed by atoms with Crippen molar-refractivity contribution in [3.63, 3.8) is 0 Å². The molecular formula is C16H29ClN2O4. The van der Waals surface area contributed by atoms with Crippen molar-refractivity contribution in [2.24, 2.45) is 23.5 Å². The molecule has 2 unspecified atom stereocenters. The summed E-state index contributed by atoms with van der Waals surface area (Å²) in [6, 6.07) is 0.242. The zero-order chi connectivity index (χ0) is 16.1. The molecule has 7 heteroatoms. The Hall–Kier alpha value is -0.850. The summed E-state index contributed by atoms with van der Waals surface area (Å²) in [5.41, 5.74) is 6.29. The third-order valence-corrected chi connectivity index (χ3v) is 5.19. The second-order valence-electron chi connectivity index (χ2n) is 6.53. The van der Waals surface area contributed by atoms with E-state index in [2.05, 4.69) is 0 Å². The first-order valence-electron chi connectivity index (χ1n) is 8.17. The third kappa shape index (κ3) is 5.06. The van der Waals surface area contributed by atoms with Gasteiger partial charge in [-0.1, -0.05) is 6.42 Å². The number of esters is 1. The Morgan fingerprint density at radius 1 is 1.17 bits per heavy atom. The van der Waals surface area contributed by atoms with Gasteiger partial charge in [-0.05, 0) is 37.5 Å². The lowest BCUT2D eigenvalue weighted by molar-refractivity contribution is -0.150. The van der Waals surface area contributed by atoms with Crippen molar-refractivity contribution in [1.82, 2.24) is 4.90 Å². The molecule has 0 heterocycles. The summed E-state index contributed by atoms with van der Waals surface area (Å²) in [4.78, 5) is 25.9. The highest BCUT2D eigenvalue weighted by Crippen LogP contribution is 2.42. The predicted molar refractivity (Wildman–Crippen MR) is 89.3 cm³/mol. The van der Waals surface area contributed by atoms with E-state index < -0.39 is 5.97 Å². The van der Waals surface area contributed by atoms with Crippen LogP contribution in [0.2, 0.25) is 0 Å². The molecule has 2 aliphatic rings. The topological polar surface area (TPSA) is 81.9 Å². The number of rotatable bonds is 6. The van der Waals surface area contributed by atoms with Gasteiger partial charge < -0.3 is 20.1 Å². The Balaban J connectivity index is 0.00000264. The van der Waals surface area contributed by atoms with Gasteiger partial charge in [0.25, 0.3) is 0 Å². The Kier molecular flexibility index (Phi) is 8.29. The maximum atomic E-state index is 12.8. The number of nitrogens with two attached hydrogens (primary N) is 1. The molecular weight excluding hydrogens is 320 g/mol. The Morgan fingerprint density at radius 3 is 2.30 bits per heavy atom. The van der Waals surface area contributed by atoms with E-state index in [0.717, 1.165) is 25.7 Å². The van der Waals surface area contributed by atoms with E-state index in [9.17, 15) is 9.59 Å². The van der Waals surface area contributed by atoms with Gasteiger partial charge in [0, 0.05) is 25.6 Å². The summed E-state index contributed by atoms with van der Waals surface area (Å²) in [5, 5.41) is 0. The summed E-state index contributed by atoms with van der Waals surface area (Å²) in [6.45, 7) is 0.834. The molecule has 0 aromatic heterocycles. The monoisotopic (exact) mass is 348 g/mol. The number of hydrogen-bond donors (Lipinski definition) is 1. The molecule has 2 rings (SSSR count). The predicted octanol–water partition coefficient (Wildman–Crippen LogP) is 1.21. The highest BCUT2D eigenvalue weighted by molar-refractivity contribution is 5.85. The fourth-order valence-electron chi connectivity index (χ4n) is 3.94. The van der Waals surface area contributed by atoms with Crippen molar-refractivity contribution in [2.75, 3.05) is 33.9 Å². The lowest BCUT2D eigenvalue weighted by atomic mass is 9.65. The van der Waals surface area contributed by atoms with Crippen LogP contribution in [0, 0.1) is 17.8 Å². The summed E-state index contributed by atoms with van der Waals surface area (Å²) in [7, 11) is 2.93. The lowest BCUT2D eigenvalue weighted by Crippen LogP contribution is -2.50. The Labute approximate surface area is 144 Å². The number of carbonyl (C=O) groups is 2. The van der Waals surface area contributed by atoms with Crippen molar-refractivity contribution in [1.29, 1.82) is 0 Å². The van der Waals surface area contributed by atoms with Crippen LogP contribution >= 0.6 is 12.4 Å². The lowest BCUT2D eigenvalue weighted by Gasteiger charge is -2.44. The van der Waals surface area contributed by atoms with E-state index in [4.69, 9.17) is 15.2 Å². The molecule has 23 heavy (non-hydrogen) atoms. The molecule has 2 fully saturated rings. The maximum absolute atomic E-state index is 12.8. The van der Waals surface area contributed by atoms with Crippen molar-refractivity contribution in [3.05, 3.63) is 0 Å². The maximum Gasteiger partial charge on any atom is 0.325 e. The van der Waals surface area contributed by atoms with Gasteiger partial charge in [0.15, 0.2) is 0 Å². The quantitative estimate of drug-likeness (QED) is 0.729. The molecule has 2 aliphatic carbocycles. The first kappa shape index (κ1) is 20.2. The number of hydrogen-bond acceptors (Lipinski definition) is 5. The van der Waals surface area contributed by atoms with Gasteiger partial charge in [0.1, 0.15) is 6.54 Å². The molecule has 2 saturated carbocycles. The van der Waals surface area contributed by atoms with Crippen LogP contribution in [-0.2, 0) is 19.1 Å². The van der Waals surface area contributed by atoms with Crippen LogP contribution in [0.3, 0.4) is 0 Å². The van der Waals surface area contributed by atoms with E-state index in [0.29, 0.717) is 25.0 Å². The molecule has 2 N–H and O–H groups in total. The van der Waals surface area contributed by atoms with Gasteiger partial charge in [-0.2, -0.15) is 0 Å². The summed E-state index contributed by atoms with van der Waals surface area (Å²) in [5.74, 6) is 0.535. The summed E-state index contributed by atoms with van der Waals surface area (Å²) >= 11 is 0. The number of amides is 1. The molecule has 0 aromatic rings. The van der Waals surface area contributed by atoms with E-state index in [1.165, 1.54) is 13.5 Å². The number of ether oxygens (including phenoxy) is 2. The first-order valence-corrected chi connectivity index (χ1v) is 8.17. The number of carbonyl (C=O) groups excluding carboxylic acids is 2. The molecule has 0 saturated heterocycles. The first-order chi connectivity index (χ1) is 10.6. The molecule has 2 bridgehead atoms. The van der Waals surface area contributed by atoms with E-state index >= 15 is 0 Å². The molecule has 1 amide bonds.